The molecule has 0 bridgehead atoms. The Kier molecular flexibility index (Phi) is 4.12. The van der Waals surface area contributed by atoms with Gasteiger partial charge in [-0.2, -0.15) is 16.6 Å². The lowest BCUT2D eigenvalue weighted by Gasteiger charge is -2.15. The number of aromatic nitrogens is 4. The van der Waals surface area contributed by atoms with Crippen molar-refractivity contribution in [1.29, 1.82) is 0 Å². The molecule has 1 amide bonds. The van der Waals surface area contributed by atoms with Gasteiger partial charge in [-0.1, -0.05) is 22.9 Å². The van der Waals surface area contributed by atoms with Gasteiger partial charge in [-0.05, 0) is 29.1 Å². The van der Waals surface area contributed by atoms with Crippen molar-refractivity contribution < 1.29 is 9.18 Å². The summed E-state index contributed by atoms with van der Waals surface area (Å²) in [6, 6.07) is 5.20. The summed E-state index contributed by atoms with van der Waals surface area (Å²) in [5.41, 5.74) is 0.972. The number of H-pyrrole nitrogens is 1. The molecular formula is C13H9ClFN5OS. The van der Waals surface area contributed by atoms with E-state index in [9.17, 15) is 9.18 Å². The highest BCUT2D eigenvalue weighted by Crippen LogP contribution is 2.23. The number of thiophene rings is 1. The summed E-state index contributed by atoms with van der Waals surface area (Å²) < 4.78 is 13.7. The molecular weight excluding hydrogens is 329 g/mol. The molecule has 0 aliphatic heterocycles. The Morgan fingerprint density at radius 3 is 2.91 bits per heavy atom. The molecule has 2 heterocycles. The highest BCUT2D eigenvalue weighted by molar-refractivity contribution is 7.08. The Morgan fingerprint density at radius 1 is 1.41 bits per heavy atom. The summed E-state index contributed by atoms with van der Waals surface area (Å²) in [4.78, 5) is 12.2. The van der Waals surface area contributed by atoms with Crippen molar-refractivity contribution in [3.05, 3.63) is 62.8 Å². The van der Waals surface area contributed by atoms with Crippen molar-refractivity contribution in [3.63, 3.8) is 0 Å². The fraction of sp³-hybridized carbons (Fsp3) is 0.0769. The molecule has 0 unspecified atom stereocenters. The second-order valence-electron chi connectivity index (χ2n) is 4.36. The highest BCUT2D eigenvalue weighted by atomic mass is 35.5. The van der Waals surface area contributed by atoms with Gasteiger partial charge in [0.15, 0.2) is 0 Å². The number of tetrazole rings is 1. The number of carbonyl (C=O) groups is 1. The molecule has 6 nitrogen and oxygen atoms in total. The van der Waals surface area contributed by atoms with E-state index in [1.165, 1.54) is 23.5 Å². The topological polar surface area (TPSA) is 83.6 Å². The summed E-state index contributed by atoms with van der Waals surface area (Å²) in [6.07, 6.45) is 0. The number of benzene rings is 1. The van der Waals surface area contributed by atoms with E-state index in [0.717, 1.165) is 0 Å². The SMILES string of the molecule is O=C(N[C@@H](c1ccc(Cl)c(F)c1)c1nn[nH]n1)c1ccsc1. The summed E-state index contributed by atoms with van der Waals surface area (Å²) in [5, 5.41) is 19.8. The van der Waals surface area contributed by atoms with Gasteiger partial charge in [0, 0.05) is 5.38 Å². The first-order chi connectivity index (χ1) is 10.6. The first-order valence-corrected chi connectivity index (χ1v) is 7.48. The number of hydrogen-bond donors (Lipinski definition) is 2. The monoisotopic (exact) mass is 337 g/mol. The zero-order valence-corrected chi connectivity index (χ0v) is 12.5. The lowest BCUT2D eigenvalue weighted by molar-refractivity contribution is 0.0942. The van der Waals surface area contributed by atoms with Crippen LogP contribution in [0.2, 0.25) is 5.02 Å². The van der Waals surface area contributed by atoms with Crippen LogP contribution in [0.15, 0.2) is 35.0 Å². The lowest BCUT2D eigenvalue weighted by atomic mass is 10.1. The number of carbonyl (C=O) groups excluding carboxylic acids is 1. The fourth-order valence-corrected chi connectivity index (χ4v) is 2.64. The molecule has 0 saturated carbocycles. The van der Waals surface area contributed by atoms with E-state index in [4.69, 9.17) is 11.6 Å². The van der Waals surface area contributed by atoms with Crippen LogP contribution in [0.5, 0.6) is 0 Å². The summed E-state index contributed by atoms with van der Waals surface area (Å²) in [5.74, 6) is -0.672. The number of aromatic amines is 1. The van der Waals surface area contributed by atoms with E-state index < -0.39 is 11.9 Å². The Morgan fingerprint density at radius 2 is 2.27 bits per heavy atom. The molecule has 0 spiro atoms. The lowest BCUT2D eigenvalue weighted by Crippen LogP contribution is -2.30. The second kappa shape index (κ2) is 6.20. The smallest absolute Gasteiger partial charge is 0.252 e. The molecule has 1 atom stereocenters. The minimum atomic E-state index is -0.738. The first-order valence-electron chi connectivity index (χ1n) is 6.16. The fourth-order valence-electron chi connectivity index (χ4n) is 1.89. The molecule has 3 rings (SSSR count). The van der Waals surface area contributed by atoms with Crippen LogP contribution in [-0.2, 0) is 0 Å². The molecule has 0 radical (unpaired) electrons. The molecule has 22 heavy (non-hydrogen) atoms. The van der Waals surface area contributed by atoms with Crippen molar-refractivity contribution in [1.82, 2.24) is 25.9 Å². The predicted octanol–water partition coefficient (Wildman–Crippen LogP) is 2.57. The van der Waals surface area contributed by atoms with Gasteiger partial charge in [-0.25, -0.2) is 4.39 Å². The van der Waals surface area contributed by atoms with Crippen molar-refractivity contribution >= 4 is 28.8 Å². The Bertz CT molecular complexity index is 778. The zero-order valence-electron chi connectivity index (χ0n) is 11.0. The second-order valence-corrected chi connectivity index (χ2v) is 5.55. The molecule has 1 aromatic carbocycles. The van der Waals surface area contributed by atoms with Crippen LogP contribution < -0.4 is 5.32 Å². The molecule has 0 saturated heterocycles. The van der Waals surface area contributed by atoms with Crippen LogP contribution >= 0.6 is 22.9 Å². The molecule has 0 aliphatic rings. The minimum Gasteiger partial charge on any atom is -0.338 e. The number of nitrogens with zero attached hydrogens (tertiary/aromatic N) is 3. The summed E-state index contributed by atoms with van der Waals surface area (Å²) in [6.45, 7) is 0. The number of rotatable bonds is 4. The average Bonchev–Trinajstić information content (AvgIpc) is 3.20. The van der Waals surface area contributed by atoms with Gasteiger partial charge in [0.25, 0.3) is 5.91 Å². The largest absolute Gasteiger partial charge is 0.338 e. The van der Waals surface area contributed by atoms with Gasteiger partial charge in [0.1, 0.15) is 11.9 Å². The van der Waals surface area contributed by atoms with Crippen LogP contribution in [0.1, 0.15) is 27.8 Å². The molecule has 0 fully saturated rings. The maximum Gasteiger partial charge on any atom is 0.252 e. The van der Waals surface area contributed by atoms with E-state index in [1.807, 2.05) is 0 Å². The third-order valence-corrected chi connectivity index (χ3v) is 3.95. The van der Waals surface area contributed by atoms with E-state index in [1.54, 1.807) is 22.9 Å². The molecule has 2 aromatic heterocycles. The molecule has 3 aromatic rings. The van der Waals surface area contributed by atoms with Gasteiger partial charge in [-0.15, -0.1) is 10.2 Å². The Hall–Kier alpha value is -2.32. The van der Waals surface area contributed by atoms with Crippen molar-refractivity contribution in [3.8, 4) is 0 Å². The third kappa shape index (κ3) is 2.97. The maximum absolute atomic E-state index is 13.7. The predicted molar refractivity (Wildman–Crippen MR) is 79.2 cm³/mol. The van der Waals surface area contributed by atoms with Crippen molar-refractivity contribution in [2.75, 3.05) is 0 Å². The number of halogens is 2. The van der Waals surface area contributed by atoms with Crippen LogP contribution in [0.4, 0.5) is 4.39 Å². The zero-order chi connectivity index (χ0) is 15.5. The number of nitrogens with one attached hydrogen (secondary N) is 2. The van der Waals surface area contributed by atoms with Crippen LogP contribution in [0.3, 0.4) is 0 Å². The van der Waals surface area contributed by atoms with Gasteiger partial charge in [0.2, 0.25) is 5.82 Å². The Balaban J connectivity index is 1.94. The number of hydrogen-bond acceptors (Lipinski definition) is 5. The van der Waals surface area contributed by atoms with E-state index in [-0.39, 0.29) is 16.8 Å². The number of amides is 1. The third-order valence-electron chi connectivity index (χ3n) is 2.96. The van der Waals surface area contributed by atoms with E-state index >= 15 is 0 Å². The van der Waals surface area contributed by atoms with E-state index in [2.05, 4.69) is 25.9 Å². The van der Waals surface area contributed by atoms with Gasteiger partial charge in [0.05, 0.1) is 10.6 Å². The van der Waals surface area contributed by atoms with Crippen LogP contribution in [0.25, 0.3) is 0 Å². The van der Waals surface area contributed by atoms with Crippen LogP contribution in [-0.4, -0.2) is 26.5 Å². The first kappa shape index (κ1) is 14.6. The van der Waals surface area contributed by atoms with Gasteiger partial charge in [-0.3, -0.25) is 4.79 Å². The van der Waals surface area contributed by atoms with Gasteiger partial charge >= 0.3 is 0 Å². The average molecular weight is 338 g/mol. The minimum absolute atomic E-state index is 0.000210. The van der Waals surface area contributed by atoms with Gasteiger partial charge < -0.3 is 5.32 Å². The normalized spacial score (nSPS) is 12.1. The quantitative estimate of drug-likeness (QED) is 0.766. The van der Waals surface area contributed by atoms with Crippen molar-refractivity contribution in [2.45, 2.75) is 6.04 Å². The summed E-state index contributed by atoms with van der Waals surface area (Å²) in [7, 11) is 0. The molecule has 2 N–H and O–H groups in total. The Labute approximate surface area is 133 Å². The molecule has 9 heteroatoms. The maximum atomic E-state index is 13.7. The molecule has 0 aliphatic carbocycles. The standard InChI is InChI=1S/C13H9ClFN5OS/c14-9-2-1-7(5-10(9)15)11(12-17-19-20-18-12)16-13(21)8-3-4-22-6-8/h1-6,11H,(H,16,21)(H,17,18,19,20)/t11-/m0/s1. The highest BCUT2D eigenvalue weighted by Gasteiger charge is 2.22. The molecule has 112 valence electrons. The van der Waals surface area contributed by atoms with E-state index in [0.29, 0.717) is 11.1 Å². The summed E-state index contributed by atoms with van der Waals surface area (Å²) >= 11 is 7.09. The van der Waals surface area contributed by atoms with Crippen LogP contribution in [0, 0.1) is 5.82 Å². The van der Waals surface area contributed by atoms with Crippen molar-refractivity contribution in [2.24, 2.45) is 0 Å².